The minimum atomic E-state index is 0.284. The van der Waals surface area contributed by atoms with E-state index < -0.39 is 0 Å². The molecule has 0 amide bonds. The molecule has 0 aromatic carbocycles. The molecule has 0 spiro atoms. The molecule has 0 aliphatic rings. The van der Waals surface area contributed by atoms with Gasteiger partial charge in [0.1, 0.15) is 5.69 Å². The highest BCUT2D eigenvalue weighted by Gasteiger charge is 2.15. The summed E-state index contributed by atoms with van der Waals surface area (Å²) in [4.78, 5) is 8.32. The molecule has 7 heteroatoms. The molecule has 2 heterocycles. The lowest BCUT2D eigenvalue weighted by molar-refractivity contribution is 0.359. The number of nitrogens with zero attached hydrogens (tertiary/aromatic N) is 3. The van der Waals surface area contributed by atoms with Gasteiger partial charge in [0.25, 0.3) is 0 Å². The van der Waals surface area contributed by atoms with Crippen LogP contribution >= 0.6 is 23.2 Å². The zero-order valence-electron chi connectivity index (χ0n) is 9.73. The van der Waals surface area contributed by atoms with Gasteiger partial charge in [-0.25, -0.2) is 4.98 Å². The van der Waals surface area contributed by atoms with Gasteiger partial charge in [-0.3, -0.25) is 0 Å². The fraction of sp³-hybridized carbons (Fsp3) is 0.364. The Labute approximate surface area is 114 Å². The van der Waals surface area contributed by atoms with Crippen LogP contribution in [-0.2, 0) is 6.42 Å². The third-order valence-electron chi connectivity index (χ3n) is 2.41. The highest BCUT2D eigenvalue weighted by Crippen LogP contribution is 2.25. The summed E-state index contributed by atoms with van der Waals surface area (Å²) in [5.74, 6) is 1.17. The molecule has 0 aliphatic heterocycles. The third-order valence-corrected chi connectivity index (χ3v) is 2.91. The zero-order chi connectivity index (χ0) is 13.1. The molecular weight excluding hydrogens is 275 g/mol. The number of pyridine rings is 1. The number of halogens is 2. The molecule has 18 heavy (non-hydrogen) atoms. The van der Waals surface area contributed by atoms with E-state index in [0.717, 1.165) is 0 Å². The topological polar surface area (TPSA) is 77.8 Å². The number of rotatable bonds is 4. The van der Waals surface area contributed by atoms with Gasteiger partial charge < -0.3 is 10.3 Å². The van der Waals surface area contributed by atoms with Gasteiger partial charge in [0, 0.05) is 12.6 Å². The van der Waals surface area contributed by atoms with E-state index in [0.29, 0.717) is 40.4 Å². The summed E-state index contributed by atoms with van der Waals surface area (Å²) >= 11 is 11.8. The van der Waals surface area contributed by atoms with Crippen LogP contribution in [0.2, 0.25) is 10.0 Å². The van der Waals surface area contributed by atoms with Crippen LogP contribution in [0.5, 0.6) is 0 Å². The van der Waals surface area contributed by atoms with E-state index in [1.807, 2.05) is 6.92 Å². The lowest BCUT2D eigenvalue weighted by atomic mass is 10.1. The molecule has 1 atom stereocenters. The fourth-order valence-electron chi connectivity index (χ4n) is 1.39. The van der Waals surface area contributed by atoms with Crippen LogP contribution in [0.15, 0.2) is 16.8 Å². The second kappa shape index (κ2) is 5.65. The third kappa shape index (κ3) is 2.98. The maximum atomic E-state index is 6.02. The van der Waals surface area contributed by atoms with Crippen LogP contribution in [-0.4, -0.2) is 21.7 Å². The van der Waals surface area contributed by atoms with Crippen molar-refractivity contribution in [3.05, 3.63) is 28.2 Å². The van der Waals surface area contributed by atoms with E-state index in [2.05, 4.69) is 15.1 Å². The molecule has 2 aromatic heterocycles. The van der Waals surface area contributed by atoms with Gasteiger partial charge in [0.2, 0.25) is 11.7 Å². The Bertz CT molecular complexity index is 544. The summed E-state index contributed by atoms with van der Waals surface area (Å²) in [6, 6.07) is 1.59. The number of hydrogen-bond donors (Lipinski definition) is 1. The van der Waals surface area contributed by atoms with Gasteiger partial charge >= 0.3 is 0 Å². The maximum absolute atomic E-state index is 6.02. The van der Waals surface area contributed by atoms with Crippen molar-refractivity contribution >= 4 is 23.2 Å². The molecule has 0 radical (unpaired) electrons. The Morgan fingerprint density at radius 1 is 1.44 bits per heavy atom. The van der Waals surface area contributed by atoms with Crippen LogP contribution in [0, 0.1) is 5.92 Å². The lowest BCUT2D eigenvalue weighted by Gasteiger charge is -2.02. The predicted molar refractivity (Wildman–Crippen MR) is 69.5 cm³/mol. The van der Waals surface area contributed by atoms with Crippen molar-refractivity contribution in [3.63, 3.8) is 0 Å². The number of nitrogens with two attached hydrogens (primary N) is 1. The van der Waals surface area contributed by atoms with Crippen LogP contribution < -0.4 is 5.73 Å². The lowest BCUT2D eigenvalue weighted by Crippen LogP contribution is -2.13. The Morgan fingerprint density at radius 2 is 2.22 bits per heavy atom. The van der Waals surface area contributed by atoms with Gasteiger partial charge in [-0.05, 0) is 18.5 Å². The van der Waals surface area contributed by atoms with Crippen molar-refractivity contribution < 1.29 is 4.52 Å². The van der Waals surface area contributed by atoms with Crippen molar-refractivity contribution in [1.29, 1.82) is 0 Å². The van der Waals surface area contributed by atoms with Crippen molar-refractivity contribution in [2.24, 2.45) is 11.7 Å². The predicted octanol–water partition coefficient (Wildman–Crippen LogP) is 2.58. The van der Waals surface area contributed by atoms with Gasteiger partial charge in [0.05, 0.1) is 10.0 Å². The molecule has 2 N–H and O–H groups in total. The van der Waals surface area contributed by atoms with Gasteiger partial charge in [-0.1, -0.05) is 35.3 Å². The van der Waals surface area contributed by atoms with Gasteiger partial charge in [-0.15, -0.1) is 0 Å². The molecule has 1 unspecified atom stereocenters. The normalized spacial score (nSPS) is 12.7. The summed E-state index contributed by atoms with van der Waals surface area (Å²) in [6.07, 6.45) is 2.12. The molecule has 2 rings (SSSR count). The molecular formula is C11H12Cl2N4O. The second-order valence-corrected chi connectivity index (χ2v) is 4.88. The van der Waals surface area contributed by atoms with Crippen molar-refractivity contribution in [2.45, 2.75) is 13.3 Å². The minimum absolute atomic E-state index is 0.284. The smallest absolute Gasteiger partial charge is 0.227 e. The van der Waals surface area contributed by atoms with Crippen LogP contribution in [0.25, 0.3) is 11.5 Å². The maximum Gasteiger partial charge on any atom is 0.227 e. The molecule has 5 nitrogen and oxygen atoms in total. The van der Waals surface area contributed by atoms with E-state index in [9.17, 15) is 0 Å². The molecule has 0 saturated carbocycles. The first-order valence-electron chi connectivity index (χ1n) is 5.44. The van der Waals surface area contributed by atoms with Gasteiger partial charge in [0.15, 0.2) is 0 Å². The first-order chi connectivity index (χ1) is 8.60. The first kappa shape index (κ1) is 13.3. The molecule has 0 aliphatic carbocycles. The van der Waals surface area contributed by atoms with E-state index in [1.165, 1.54) is 6.20 Å². The summed E-state index contributed by atoms with van der Waals surface area (Å²) < 4.78 is 5.13. The summed E-state index contributed by atoms with van der Waals surface area (Å²) in [7, 11) is 0. The summed E-state index contributed by atoms with van der Waals surface area (Å²) in [5.41, 5.74) is 6.00. The average Bonchev–Trinajstić information content (AvgIpc) is 2.77. The van der Waals surface area contributed by atoms with Crippen LogP contribution in [0.3, 0.4) is 0 Å². The van der Waals surface area contributed by atoms with Crippen LogP contribution in [0.4, 0.5) is 0 Å². The van der Waals surface area contributed by atoms with E-state index in [1.54, 1.807) is 6.07 Å². The number of aromatic nitrogens is 3. The molecule has 0 fully saturated rings. The Hall–Kier alpha value is -1.17. The molecule has 2 aromatic rings. The van der Waals surface area contributed by atoms with Gasteiger partial charge in [-0.2, -0.15) is 4.98 Å². The molecule has 96 valence electrons. The highest BCUT2D eigenvalue weighted by atomic mass is 35.5. The van der Waals surface area contributed by atoms with E-state index >= 15 is 0 Å². The highest BCUT2D eigenvalue weighted by molar-refractivity contribution is 6.35. The second-order valence-electron chi connectivity index (χ2n) is 4.04. The summed E-state index contributed by atoms with van der Waals surface area (Å²) in [6.45, 7) is 2.58. The fourth-order valence-corrected chi connectivity index (χ4v) is 1.86. The largest absolute Gasteiger partial charge is 0.339 e. The van der Waals surface area contributed by atoms with Crippen molar-refractivity contribution in [2.75, 3.05) is 6.54 Å². The average molecular weight is 287 g/mol. The number of hydrogen-bond acceptors (Lipinski definition) is 5. The Kier molecular flexibility index (Phi) is 4.16. The summed E-state index contributed by atoms with van der Waals surface area (Å²) in [5, 5.41) is 4.70. The van der Waals surface area contributed by atoms with E-state index in [4.69, 9.17) is 33.5 Å². The Balaban J connectivity index is 2.24. The van der Waals surface area contributed by atoms with Crippen LogP contribution in [0.1, 0.15) is 12.8 Å². The van der Waals surface area contributed by atoms with Crippen molar-refractivity contribution in [1.82, 2.24) is 15.1 Å². The molecule has 0 bridgehead atoms. The zero-order valence-corrected chi connectivity index (χ0v) is 11.2. The SMILES string of the molecule is CC(CN)Cc1nc(-c2ncc(Cl)cc2Cl)no1. The monoisotopic (exact) mass is 286 g/mol. The molecule has 0 saturated heterocycles. The van der Waals surface area contributed by atoms with Crippen molar-refractivity contribution in [3.8, 4) is 11.5 Å². The van der Waals surface area contributed by atoms with E-state index in [-0.39, 0.29) is 5.92 Å². The first-order valence-corrected chi connectivity index (χ1v) is 6.19. The Morgan fingerprint density at radius 3 is 2.89 bits per heavy atom. The quantitative estimate of drug-likeness (QED) is 0.935. The minimum Gasteiger partial charge on any atom is -0.339 e. The standard InChI is InChI=1S/C11H12Cl2N4O/c1-6(4-14)2-9-16-11(17-18-9)10-8(13)3-7(12)5-15-10/h3,5-6H,2,4,14H2,1H3.